The normalized spacial score (nSPS) is 23.6. The Morgan fingerprint density at radius 2 is 1.34 bits per heavy atom. The molecule has 0 aliphatic heterocycles. The number of benzene rings is 2. The minimum atomic E-state index is -1.16. The van der Waals surface area contributed by atoms with Crippen LogP contribution in [0.25, 0.3) is 0 Å². The van der Waals surface area contributed by atoms with Gasteiger partial charge in [0.25, 0.3) is 0 Å². The van der Waals surface area contributed by atoms with Crippen LogP contribution in [0.5, 0.6) is 11.5 Å². The van der Waals surface area contributed by atoms with Crippen LogP contribution in [0.1, 0.15) is 81.3 Å². The van der Waals surface area contributed by atoms with Crippen molar-refractivity contribution in [3.05, 3.63) is 71.3 Å². The molecule has 0 N–H and O–H groups in total. The first-order chi connectivity index (χ1) is 18.3. The first-order valence-corrected chi connectivity index (χ1v) is 13.4. The van der Waals surface area contributed by atoms with Gasteiger partial charge in [0.15, 0.2) is 23.1 Å². The zero-order chi connectivity index (χ0) is 27.2. The maximum Gasteiger partial charge on any atom is 0.314 e. The molecular weight excluding hydrogens is 500 g/mol. The molecule has 0 radical (unpaired) electrons. The summed E-state index contributed by atoms with van der Waals surface area (Å²) in [5.74, 6) is -6.30. The highest BCUT2D eigenvalue weighted by atomic mass is 19.2. The highest BCUT2D eigenvalue weighted by Gasteiger charge is 2.32. The molecule has 0 aromatic heterocycles. The quantitative estimate of drug-likeness (QED) is 0.143. The average Bonchev–Trinajstić information content (AvgIpc) is 2.93. The number of ether oxygens (including phenoxy) is 3. The molecule has 0 spiro atoms. The number of rotatable bonds is 9. The highest BCUT2D eigenvalue weighted by Crippen LogP contribution is 2.40. The fourth-order valence-electron chi connectivity index (χ4n) is 5.67. The Labute approximate surface area is 221 Å². The molecule has 2 aromatic carbocycles. The van der Waals surface area contributed by atoms with E-state index < -0.39 is 40.9 Å². The summed E-state index contributed by atoms with van der Waals surface area (Å²) in [7, 11) is 0. The average molecular weight is 535 g/mol. The topological polar surface area (TPSA) is 44.8 Å². The summed E-state index contributed by atoms with van der Waals surface area (Å²) >= 11 is 0. The lowest BCUT2D eigenvalue weighted by atomic mass is 9.78. The monoisotopic (exact) mass is 534 g/mol. The minimum Gasteiger partial charge on any atom is -0.486 e. The van der Waals surface area contributed by atoms with Gasteiger partial charge >= 0.3 is 5.97 Å². The van der Waals surface area contributed by atoms with Gasteiger partial charge in [0.2, 0.25) is 11.6 Å². The molecule has 2 aliphatic rings. The van der Waals surface area contributed by atoms with E-state index in [-0.39, 0.29) is 35.9 Å². The molecule has 2 fully saturated rings. The third kappa shape index (κ3) is 6.22. The molecule has 0 atom stereocenters. The lowest BCUT2D eigenvalue weighted by Gasteiger charge is -2.29. The second-order valence-corrected chi connectivity index (χ2v) is 10.1. The predicted octanol–water partition coefficient (Wildman–Crippen LogP) is 7.75. The second kappa shape index (κ2) is 12.8. The molecule has 2 saturated carbocycles. The Morgan fingerprint density at radius 3 is 1.89 bits per heavy atom. The Kier molecular flexibility index (Phi) is 9.47. The molecule has 4 nitrogen and oxygen atoms in total. The van der Waals surface area contributed by atoms with Gasteiger partial charge in [-0.3, -0.25) is 4.79 Å². The number of carbonyl (C=O) groups is 1. The maximum absolute atomic E-state index is 14.9. The molecule has 38 heavy (non-hydrogen) atoms. The molecule has 206 valence electrons. The zero-order valence-electron chi connectivity index (χ0n) is 21.6. The fraction of sp³-hybridized carbons (Fsp3) is 0.500. The summed E-state index contributed by atoms with van der Waals surface area (Å²) in [4.78, 5) is 12.7. The molecular formula is C30H34F4O4. The summed E-state index contributed by atoms with van der Waals surface area (Å²) in [5.41, 5.74) is 0.534. The van der Waals surface area contributed by atoms with Crippen molar-refractivity contribution in [2.24, 2.45) is 5.92 Å². The zero-order valence-corrected chi connectivity index (χ0v) is 21.6. The lowest BCUT2D eigenvalue weighted by molar-refractivity contribution is -0.140. The maximum atomic E-state index is 14.9. The van der Waals surface area contributed by atoms with Crippen LogP contribution in [0.15, 0.2) is 36.9 Å². The Bertz CT molecular complexity index is 1140. The molecule has 0 unspecified atom stereocenters. The summed E-state index contributed by atoms with van der Waals surface area (Å²) < 4.78 is 74.8. The van der Waals surface area contributed by atoms with Crippen LogP contribution in [-0.4, -0.2) is 25.3 Å². The summed E-state index contributed by atoms with van der Waals surface area (Å²) in [6.07, 6.45) is 6.20. The molecule has 2 aliphatic carbocycles. The van der Waals surface area contributed by atoms with Crippen molar-refractivity contribution in [2.45, 2.75) is 76.2 Å². The molecule has 0 bridgehead atoms. The third-order valence-corrected chi connectivity index (χ3v) is 7.74. The van der Waals surface area contributed by atoms with Gasteiger partial charge in [0.1, 0.15) is 6.61 Å². The van der Waals surface area contributed by atoms with Crippen molar-refractivity contribution < 1.29 is 36.6 Å². The van der Waals surface area contributed by atoms with Crippen LogP contribution in [-0.2, 0) is 9.53 Å². The molecule has 0 heterocycles. The summed E-state index contributed by atoms with van der Waals surface area (Å²) in [6.45, 7) is 6.12. The summed E-state index contributed by atoms with van der Waals surface area (Å²) in [5, 5.41) is 0. The van der Waals surface area contributed by atoms with Gasteiger partial charge in [-0.2, -0.15) is 8.78 Å². The number of hydrogen-bond acceptors (Lipinski definition) is 4. The Morgan fingerprint density at radius 1 is 0.816 bits per heavy atom. The van der Waals surface area contributed by atoms with Crippen molar-refractivity contribution >= 4 is 5.97 Å². The van der Waals surface area contributed by atoms with Crippen LogP contribution < -0.4 is 9.47 Å². The predicted molar refractivity (Wildman–Crippen MR) is 135 cm³/mol. The van der Waals surface area contributed by atoms with Gasteiger partial charge in [0, 0.05) is 6.61 Å². The van der Waals surface area contributed by atoms with Crippen LogP contribution >= 0.6 is 0 Å². The standard InChI is InChI=1S/C30H34F4O4/c1-3-17-37-24-15-13-22(26(31)28(24)33)18-5-7-20(8-6-18)30(35)38-25-16-14-23(27(32)29(25)34)19-9-11-21(12-10-19)36-4-2/h3,13-16,18-21H,1,4-12,17H2,2H3. The molecule has 4 rings (SSSR count). The second-order valence-electron chi connectivity index (χ2n) is 10.1. The van der Waals surface area contributed by atoms with E-state index in [0.717, 1.165) is 12.8 Å². The van der Waals surface area contributed by atoms with Crippen molar-refractivity contribution in [2.75, 3.05) is 13.2 Å². The number of carbonyl (C=O) groups excluding carboxylic acids is 1. The van der Waals surface area contributed by atoms with E-state index in [9.17, 15) is 22.4 Å². The van der Waals surface area contributed by atoms with E-state index >= 15 is 0 Å². The van der Waals surface area contributed by atoms with Crippen LogP contribution in [0, 0.1) is 29.2 Å². The van der Waals surface area contributed by atoms with Gasteiger partial charge in [-0.05, 0) is 93.4 Å². The van der Waals surface area contributed by atoms with E-state index in [1.54, 1.807) is 0 Å². The van der Waals surface area contributed by atoms with Gasteiger partial charge < -0.3 is 14.2 Å². The molecule has 0 amide bonds. The Balaban J connectivity index is 1.34. The van der Waals surface area contributed by atoms with E-state index in [1.807, 2.05) is 6.92 Å². The van der Waals surface area contributed by atoms with Gasteiger partial charge in [-0.15, -0.1) is 0 Å². The van der Waals surface area contributed by atoms with Crippen LogP contribution in [0.2, 0.25) is 0 Å². The lowest BCUT2D eigenvalue weighted by Crippen LogP contribution is -2.26. The number of hydrogen-bond donors (Lipinski definition) is 0. The van der Waals surface area contributed by atoms with Crippen molar-refractivity contribution in [3.63, 3.8) is 0 Å². The smallest absolute Gasteiger partial charge is 0.314 e. The van der Waals surface area contributed by atoms with Crippen molar-refractivity contribution in [1.29, 1.82) is 0 Å². The number of halogens is 4. The van der Waals surface area contributed by atoms with E-state index in [2.05, 4.69) is 6.58 Å². The van der Waals surface area contributed by atoms with E-state index in [4.69, 9.17) is 14.2 Å². The molecule has 0 saturated heterocycles. The van der Waals surface area contributed by atoms with E-state index in [1.165, 1.54) is 30.3 Å². The SMILES string of the molecule is C=CCOc1ccc(C2CCC(C(=O)Oc3ccc(C4CCC(OCC)CC4)c(F)c3F)CC2)c(F)c1F. The van der Waals surface area contributed by atoms with E-state index in [0.29, 0.717) is 50.7 Å². The van der Waals surface area contributed by atoms with Crippen molar-refractivity contribution in [1.82, 2.24) is 0 Å². The minimum absolute atomic E-state index is 0.0611. The Hall–Kier alpha value is -2.87. The summed E-state index contributed by atoms with van der Waals surface area (Å²) in [6, 6.07) is 5.72. The fourth-order valence-corrected chi connectivity index (χ4v) is 5.67. The van der Waals surface area contributed by atoms with Crippen LogP contribution in [0.4, 0.5) is 17.6 Å². The third-order valence-electron chi connectivity index (χ3n) is 7.74. The van der Waals surface area contributed by atoms with Gasteiger partial charge in [0.05, 0.1) is 12.0 Å². The highest BCUT2D eigenvalue weighted by molar-refractivity contribution is 5.75. The van der Waals surface area contributed by atoms with Crippen molar-refractivity contribution in [3.8, 4) is 11.5 Å². The molecule has 2 aromatic rings. The molecule has 8 heteroatoms. The number of esters is 1. The first kappa shape index (κ1) is 28.1. The van der Waals surface area contributed by atoms with Gasteiger partial charge in [-0.1, -0.05) is 24.8 Å². The largest absolute Gasteiger partial charge is 0.486 e. The van der Waals surface area contributed by atoms with Gasteiger partial charge in [-0.25, -0.2) is 8.78 Å². The van der Waals surface area contributed by atoms with Crippen LogP contribution in [0.3, 0.4) is 0 Å². The first-order valence-electron chi connectivity index (χ1n) is 13.4.